The second-order valence-electron chi connectivity index (χ2n) is 4.64. The summed E-state index contributed by atoms with van der Waals surface area (Å²) >= 11 is 0. The molecule has 0 amide bonds. The summed E-state index contributed by atoms with van der Waals surface area (Å²) in [5.74, 6) is -1.38. The van der Waals surface area contributed by atoms with Crippen molar-refractivity contribution in [1.82, 2.24) is 0 Å². The lowest BCUT2D eigenvalue weighted by molar-refractivity contribution is -0.131. The number of hydrogen-bond acceptors (Lipinski definition) is 4. The number of aliphatic imine (C=N–C) groups is 1. The maximum Gasteiger partial charge on any atom is 0.337 e. The predicted molar refractivity (Wildman–Crippen MR) is 88.1 cm³/mol. The van der Waals surface area contributed by atoms with Crippen LogP contribution < -0.4 is 0 Å². The number of hydrogen-bond donors (Lipinski definition) is 1. The van der Waals surface area contributed by atoms with E-state index in [2.05, 4.69) is 9.73 Å². The fraction of sp³-hybridized carbons (Fsp3) is 0.0556. The number of carbonyl (C=O) groups excluding carboxylic acids is 1. The van der Waals surface area contributed by atoms with Gasteiger partial charge in [-0.25, -0.2) is 9.59 Å². The lowest BCUT2D eigenvalue weighted by atomic mass is 10.1. The van der Waals surface area contributed by atoms with Crippen LogP contribution in [0, 0.1) is 0 Å². The highest BCUT2D eigenvalue weighted by atomic mass is 16.5. The minimum Gasteiger partial charge on any atom is -0.478 e. The van der Waals surface area contributed by atoms with Gasteiger partial charge in [-0.15, -0.1) is 0 Å². The van der Waals surface area contributed by atoms with Crippen LogP contribution in [0.1, 0.15) is 21.5 Å². The van der Waals surface area contributed by atoms with E-state index in [1.165, 1.54) is 13.2 Å². The molecule has 0 aliphatic carbocycles. The van der Waals surface area contributed by atoms with Crippen LogP contribution in [0.2, 0.25) is 0 Å². The van der Waals surface area contributed by atoms with Gasteiger partial charge in [-0.1, -0.05) is 24.3 Å². The molecular weight excluding hydrogens is 294 g/mol. The zero-order valence-corrected chi connectivity index (χ0v) is 12.5. The number of esters is 1. The van der Waals surface area contributed by atoms with E-state index in [1.54, 1.807) is 48.7 Å². The van der Waals surface area contributed by atoms with Crippen molar-refractivity contribution in [3.8, 4) is 0 Å². The number of carboxylic acid groups (broad SMARTS) is 1. The Balaban J connectivity index is 2.12. The van der Waals surface area contributed by atoms with Gasteiger partial charge in [0.05, 0.1) is 18.4 Å². The van der Waals surface area contributed by atoms with Crippen LogP contribution in [-0.4, -0.2) is 30.4 Å². The van der Waals surface area contributed by atoms with Crippen molar-refractivity contribution in [3.63, 3.8) is 0 Å². The van der Waals surface area contributed by atoms with Gasteiger partial charge < -0.3 is 9.84 Å². The summed E-state index contributed by atoms with van der Waals surface area (Å²) in [6, 6.07) is 14.1. The van der Waals surface area contributed by atoms with Gasteiger partial charge in [0, 0.05) is 12.3 Å². The Bertz CT molecular complexity index is 761. The second kappa shape index (κ2) is 7.70. The first-order valence-corrected chi connectivity index (χ1v) is 6.82. The van der Waals surface area contributed by atoms with Gasteiger partial charge >= 0.3 is 11.9 Å². The van der Waals surface area contributed by atoms with Crippen LogP contribution >= 0.6 is 0 Å². The summed E-state index contributed by atoms with van der Waals surface area (Å²) in [6.45, 7) is 0. The van der Waals surface area contributed by atoms with Crippen LogP contribution in [-0.2, 0) is 9.53 Å². The molecule has 0 radical (unpaired) electrons. The molecule has 0 unspecified atom stereocenters. The van der Waals surface area contributed by atoms with Crippen LogP contribution in [0.5, 0.6) is 0 Å². The van der Waals surface area contributed by atoms with E-state index in [9.17, 15) is 9.59 Å². The summed E-state index contributed by atoms with van der Waals surface area (Å²) in [7, 11) is 1.34. The zero-order chi connectivity index (χ0) is 16.7. The third kappa shape index (κ3) is 4.93. The largest absolute Gasteiger partial charge is 0.478 e. The maximum atomic E-state index is 11.3. The Morgan fingerprint density at radius 3 is 2.48 bits per heavy atom. The average molecular weight is 309 g/mol. The first-order valence-electron chi connectivity index (χ1n) is 6.82. The molecule has 0 aromatic heterocycles. The highest BCUT2D eigenvalue weighted by Crippen LogP contribution is 2.15. The lowest BCUT2D eigenvalue weighted by Gasteiger charge is -1.99. The fourth-order valence-corrected chi connectivity index (χ4v) is 1.85. The van der Waals surface area contributed by atoms with E-state index in [4.69, 9.17) is 5.11 Å². The molecule has 0 bridgehead atoms. The van der Waals surface area contributed by atoms with Crippen LogP contribution in [0.15, 0.2) is 59.6 Å². The van der Waals surface area contributed by atoms with Gasteiger partial charge in [0.2, 0.25) is 0 Å². The number of carboxylic acids is 1. The molecule has 2 aromatic rings. The second-order valence-corrected chi connectivity index (χ2v) is 4.64. The first kappa shape index (κ1) is 16.2. The van der Waals surface area contributed by atoms with E-state index >= 15 is 0 Å². The van der Waals surface area contributed by atoms with Crippen LogP contribution in [0.25, 0.3) is 6.08 Å². The number of aliphatic carboxylic acids is 1. The smallest absolute Gasteiger partial charge is 0.337 e. The van der Waals surface area contributed by atoms with Gasteiger partial charge in [0.15, 0.2) is 0 Å². The topological polar surface area (TPSA) is 76.0 Å². The number of carbonyl (C=O) groups is 2. The van der Waals surface area contributed by atoms with Crippen molar-refractivity contribution in [3.05, 3.63) is 71.3 Å². The molecule has 0 aliphatic heterocycles. The lowest BCUT2D eigenvalue weighted by Crippen LogP contribution is -2.00. The zero-order valence-electron chi connectivity index (χ0n) is 12.5. The molecule has 116 valence electrons. The summed E-state index contributed by atoms with van der Waals surface area (Å²) in [5.41, 5.74) is 2.77. The van der Waals surface area contributed by atoms with E-state index in [0.29, 0.717) is 11.3 Å². The molecule has 0 saturated heterocycles. The van der Waals surface area contributed by atoms with Crippen molar-refractivity contribution in [2.75, 3.05) is 7.11 Å². The molecule has 0 atom stereocenters. The first-order chi connectivity index (χ1) is 11.1. The van der Waals surface area contributed by atoms with Crippen LogP contribution in [0.3, 0.4) is 0 Å². The molecule has 23 heavy (non-hydrogen) atoms. The molecule has 0 spiro atoms. The molecule has 0 fully saturated rings. The van der Waals surface area contributed by atoms with E-state index < -0.39 is 5.97 Å². The fourth-order valence-electron chi connectivity index (χ4n) is 1.85. The Hall–Kier alpha value is -3.21. The highest BCUT2D eigenvalue weighted by molar-refractivity contribution is 5.91. The predicted octanol–water partition coefficient (Wildman–Crippen LogP) is 3.32. The summed E-state index contributed by atoms with van der Waals surface area (Å²) < 4.78 is 4.64. The number of nitrogens with zero attached hydrogens (tertiary/aromatic N) is 1. The monoisotopic (exact) mass is 309 g/mol. The normalized spacial score (nSPS) is 11.0. The molecule has 2 rings (SSSR count). The van der Waals surface area contributed by atoms with E-state index in [0.717, 1.165) is 17.2 Å². The van der Waals surface area contributed by atoms with Crippen molar-refractivity contribution in [1.29, 1.82) is 0 Å². The van der Waals surface area contributed by atoms with Crippen molar-refractivity contribution in [2.45, 2.75) is 0 Å². The number of benzene rings is 2. The minimum atomic E-state index is -0.996. The van der Waals surface area contributed by atoms with E-state index in [1.807, 2.05) is 6.07 Å². The Morgan fingerprint density at radius 1 is 1.09 bits per heavy atom. The van der Waals surface area contributed by atoms with Gasteiger partial charge in [0.1, 0.15) is 0 Å². The van der Waals surface area contributed by atoms with Crippen LogP contribution in [0.4, 0.5) is 5.69 Å². The van der Waals surface area contributed by atoms with Gasteiger partial charge in [0.25, 0.3) is 0 Å². The van der Waals surface area contributed by atoms with Crippen molar-refractivity contribution >= 4 is 29.9 Å². The average Bonchev–Trinajstić information content (AvgIpc) is 2.58. The Kier molecular flexibility index (Phi) is 5.41. The highest BCUT2D eigenvalue weighted by Gasteiger charge is 2.03. The SMILES string of the molecule is COC(=O)c1ccc(C=Nc2cccc(C=CC(=O)O)c2)cc1. The molecule has 1 N–H and O–H groups in total. The van der Waals surface area contributed by atoms with Gasteiger partial charge in [-0.05, 0) is 41.5 Å². The van der Waals surface area contributed by atoms with Crippen molar-refractivity contribution in [2.24, 2.45) is 4.99 Å². The quantitative estimate of drug-likeness (QED) is 0.522. The summed E-state index contributed by atoms with van der Waals surface area (Å²) in [6.07, 6.45) is 4.25. The Morgan fingerprint density at radius 2 is 1.83 bits per heavy atom. The standard InChI is InChI=1S/C18H15NO4/c1-23-18(22)15-8-5-14(6-9-15)12-19-16-4-2-3-13(11-16)7-10-17(20)21/h2-12H,1H3,(H,20,21). The van der Waals surface area contributed by atoms with E-state index in [-0.39, 0.29) is 5.97 Å². The van der Waals surface area contributed by atoms with Crippen molar-refractivity contribution < 1.29 is 19.4 Å². The number of methoxy groups -OCH3 is 1. The maximum absolute atomic E-state index is 11.3. The third-order valence-electron chi connectivity index (χ3n) is 2.98. The number of rotatable bonds is 5. The molecular formula is C18H15NO4. The number of ether oxygens (including phenoxy) is 1. The summed E-state index contributed by atoms with van der Waals surface area (Å²) in [4.78, 5) is 26.2. The summed E-state index contributed by atoms with van der Waals surface area (Å²) in [5, 5.41) is 8.63. The van der Waals surface area contributed by atoms with Gasteiger partial charge in [-0.3, -0.25) is 4.99 Å². The molecule has 0 heterocycles. The third-order valence-corrected chi connectivity index (χ3v) is 2.98. The molecule has 2 aromatic carbocycles. The molecule has 5 heteroatoms. The van der Waals surface area contributed by atoms with Gasteiger partial charge in [-0.2, -0.15) is 0 Å². The minimum absolute atomic E-state index is 0.383. The molecule has 5 nitrogen and oxygen atoms in total. The molecule has 0 saturated carbocycles. The molecule has 0 aliphatic rings. The Labute approximate surface area is 133 Å².